The largest absolute Gasteiger partial charge is 0.366 e. The zero-order valence-corrected chi connectivity index (χ0v) is 14.4. The topological polar surface area (TPSA) is 117 Å². The highest BCUT2D eigenvalue weighted by molar-refractivity contribution is 7.80. The zero-order chi connectivity index (χ0) is 17.9. The summed E-state index contributed by atoms with van der Waals surface area (Å²) >= 11 is 5.20. The third-order valence-electron chi connectivity index (χ3n) is 3.47. The minimum Gasteiger partial charge on any atom is -0.366 e. The Morgan fingerprint density at radius 3 is 2.58 bits per heavy atom. The first-order valence-corrected chi connectivity index (χ1v) is 7.56. The molecule has 7 nitrogen and oxygen atoms in total. The van der Waals surface area contributed by atoms with Crippen molar-refractivity contribution in [2.45, 2.75) is 20.8 Å². The van der Waals surface area contributed by atoms with E-state index in [9.17, 15) is 4.79 Å². The van der Waals surface area contributed by atoms with Crippen molar-refractivity contribution in [3.8, 4) is 0 Å². The summed E-state index contributed by atoms with van der Waals surface area (Å²) in [5.74, 6) is 0.0292. The number of hydrogen-bond donors (Lipinski definition) is 4. The second-order valence-electron chi connectivity index (χ2n) is 5.28. The van der Waals surface area contributed by atoms with E-state index in [2.05, 4.69) is 20.6 Å². The molecule has 0 aliphatic carbocycles. The van der Waals surface area contributed by atoms with Crippen molar-refractivity contribution >= 4 is 34.9 Å². The van der Waals surface area contributed by atoms with Crippen LogP contribution < -0.4 is 16.4 Å². The molecule has 2 aromatic heterocycles. The number of hydrogen-bond acceptors (Lipinski definition) is 5. The molecule has 2 rings (SSSR count). The molecule has 2 aromatic rings. The molecular weight excluding hydrogens is 324 g/mol. The van der Waals surface area contributed by atoms with Crippen molar-refractivity contribution in [3.63, 3.8) is 0 Å². The predicted octanol–water partition coefficient (Wildman–Crippen LogP) is 1.81. The van der Waals surface area contributed by atoms with Crippen LogP contribution in [0.25, 0.3) is 0 Å². The minimum atomic E-state index is -0.550. The lowest BCUT2D eigenvalue weighted by molar-refractivity contribution is 0.0999. The van der Waals surface area contributed by atoms with Gasteiger partial charge in [-0.1, -0.05) is 6.07 Å². The monoisotopic (exact) mass is 342 g/mol. The van der Waals surface area contributed by atoms with Crippen molar-refractivity contribution in [1.29, 1.82) is 5.41 Å². The highest BCUT2D eigenvalue weighted by atomic mass is 32.1. The SMILES string of the molecule is Cc1cccnc1NC(=S)NC(=N)c1ncc(C)c(C(N)=O)c1C. The van der Waals surface area contributed by atoms with Gasteiger partial charge in [-0.25, -0.2) is 4.98 Å². The lowest BCUT2D eigenvalue weighted by Crippen LogP contribution is -2.36. The number of thiocarbonyl (C=S) groups is 1. The Morgan fingerprint density at radius 2 is 1.96 bits per heavy atom. The van der Waals surface area contributed by atoms with Gasteiger partial charge in [-0.15, -0.1) is 0 Å². The molecule has 0 saturated heterocycles. The van der Waals surface area contributed by atoms with E-state index in [4.69, 9.17) is 23.4 Å². The molecule has 0 bridgehead atoms. The molecule has 124 valence electrons. The van der Waals surface area contributed by atoms with Crippen LogP contribution in [0.5, 0.6) is 0 Å². The van der Waals surface area contributed by atoms with E-state index >= 15 is 0 Å². The number of aromatic nitrogens is 2. The molecule has 0 aliphatic heterocycles. The van der Waals surface area contributed by atoms with Gasteiger partial charge in [0, 0.05) is 18.0 Å². The molecule has 0 spiro atoms. The summed E-state index contributed by atoms with van der Waals surface area (Å²) < 4.78 is 0. The van der Waals surface area contributed by atoms with E-state index in [1.165, 1.54) is 6.20 Å². The third kappa shape index (κ3) is 3.72. The molecule has 0 fully saturated rings. The summed E-state index contributed by atoms with van der Waals surface area (Å²) in [4.78, 5) is 20.0. The van der Waals surface area contributed by atoms with Gasteiger partial charge in [0.15, 0.2) is 10.9 Å². The molecule has 0 aromatic carbocycles. The maximum atomic E-state index is 11.6. The van der Waals surface area contributed by atoms with E-state index in [0.29, 0.717) is 28.2 Å². The van der Waals surface area contributed by atoms with Crippen molar-refractivity contribution in [2.75, 3.05) is 5.32 Å². The lowest BCUT2D eigenvalue weighted by Gasteiger charge is -2.15. The minimum absolute atomic E-state index is 0.0268. The van der Waals surface area contributed by atoms with Crippen LogP contribution in [0.4, 0.5) is 5.82 Å². The molecular formula is C16H18N6OS. The van der Waals surface area contributed by atoms with Gasteiger partial charge in [-0.2, -0.15) is 0 Å². The number of nitrogens with zero attached hydrogens (tertiary/aromatic N) is 2. The number of nitrogens with one attached hydrogen (secondary N) is 3. The number of rotatable bonds is 3. The van der Waals surface area contributed by atoms with Crippen LogP contribution >= 0.6 is 12.2 Å². The molecule has 5 N–H and O–H groups in total. The standard InChI is InChI=1S/C16H18N6OS/c1-8-5-4-6-19-15(8)22-16(24)21-13(17)12-10(3)11(14(18)23)9(2)7-20-12/h4-7H,1-3H3,(H2,18,23)(H3,17,19,21,22,24). The second kappa shape index (κ2) is 7.14. The molecule has 0 unspecified atom stereocenters. The van der Waals surface area contributed by atoms with Gasteiger partial charge in [-0.3, -0.25) is 15.2 Å². The number of primary amides is 1. The van der Waals surface area contributed by atoms with Crippen molar-refractivity contribution < 1.29 is 4.79 Å². The number of carbonyl (C=O) groups is 1. The summed E-state index contributed by atoms with van der Waals surface area (Å²) in [6.45, 7) is 5.34. The summed E-state index contributed by atoms with van der Waals surface area (Å²) in [5, 5.41) is 14.0. The Balaban J connectivity index is 2.18. The third-order valence-corrected chi connectivity index (χ3v) is 3.68. The molecule has 0 saturated carbocycles. The van der Waals surface area contributed by atoms with Gasteiger partial charge in [0.05, 0.1) is 0 Å². The van der Waals surface area contributed by atoms with E-state index in [-0.39, 0.29) is 10.9 Å². The van der Waals surface area contributed by atoms with Gasteiger partial charge >= 0.3 is 0 Å². The number of aryl methyl sites for hydroxylation is 2. The Bertz CT molecular complexity index is 833. The van der Waals surface area contributed by atoms with E-state index in [1.54, 1.807) is 20.0 Å². The number of pyridine rings is 2. The number of carbonyl (C=O) groups excluding carboxylic acids is 1. The normalized spacial score (nSPS) is 10.1. The number of amides is 1. The first-order valence-electron chi connectivity index (χ1n) is 7.15. The zero-order valence-electron chi connectivity index (χ0n) is 13.6. The summed E-state index contributed by atoms with van der Waals surface area (Å²) in [7, 11) is 0. The van der Waals surface area contributed by atoms with Gasteiger partial charge in [0.25, 0.3) is 0 Å². The lowest BCUT2D eigenvalue weighted by atomic mass is 10.0. The molecule has 0 aliphatic rings. The van der Waals surface area contributed by atoms with Gasteiger partial charge < -0.3 is 16.4 Å². The van der Waals surface area contributed by atoms with Crippen LogP contribution in [-0.2, 0) is 0 Å². The molecule has 2 heterocycles. The van der Waals surface area contributed by atoms with Gasteiger partial charge in [-0.05, 0) is 55.7 Å². The predicted molar refractivity (Wildman–Crippen MR) is 97.4 cm³/mol. The summed E-state index contributed by atoms with van der Waals surface area (Å²) in [6, 6.07) is 3.72. The number of amidine groups is 1. The number of anilines is 1. The molecule has 8 heteroatoms. The first-order chi connectivity index (χ1) is 11.3. The molecule has 1 amide bonds. The van der Waals surface area contributed by atoms with Crippen LogP contribution in [0.15, 0.2) is 24.5 Å². The van der Waals surface area contributed by atoms with Crippen molar-refractivity contribution in [3.05, 3.63) is 52.5 Å². The first kappa shape index (κ1) is 17.5. The van der Waals surface area contributed by atoms with Crippen LogP contribution in [-0.4, -0.2) is 26.8 Å². The Morgan fingerprint density at radius 1 is 1.25 bits per heavy atom. The Hall–Kier alpha value is -2.87. The summed E-state index contributed by atoms with van der Waals surface area (Å²) in [5.41, 5.74) is 8.21. The molecule has 0 radical (unpaired) electrons. The average molecular weight is 342 g/mol. The average Bonchev–Trinajstić information content (AvgIpc) is 2.49. The summed E-state index contributed by atoms with van der Waals surface area (Å²) in [6.07, 6.45) is 3.16. The maximum absolute atomic E-state index is 11.6. The van der Waals surface area contributed by atoms with Gasteiger partial charge in [0.1, 0.15) is 11.5 Å². The quantitative estimate of drug-likeness (QED) is 0.384. The van der Waals surface area contributed by atoms with Crippen molar-refractivity contribution in [2.24, 2.45) is 5.73 Å². The van der Waals surface area contributed by atoms with Crippen LogP contribution in [0.1, 0.15) is 32.7 Å². The highest BCUT2D eigenvalue weighted by Crippen LogP contribution is 2.15. The molecule has 24 heavy (non-hydrogen) atoms. The number of nitrogens with two attached hydrogens (primary N) is 1. The second-order valence-corrected chi connectivity index (χ2v) is 5.69. The maximum Gasteiger partial charge on any atom is 0.249 e. The fourth-order valence-electron chi connectivity index (χ4n) is 2.30. The van der Waals surface area contributed by atoms with Gasteiger partial charge in [0.2, 0.25) is 5.91 Å². The fourth-order valence-corrected chi connectivity index (χ4v) is 2.49. The highest BCUT2D eigenvalue weighted by Gasteiger charge is 2.17. The smallest absolute Gasteiger partial charge is 0.249 e. The van der Waals surface area contributed by atoms with Crippen LogP contribution in [0, 0.1) is 26.2 Å². The fraction of sp³-hybridized carbons (Fsp3) is 0.188. The molecule has 0 atom stereocenters. The van der Waals surface area contributed by atoms with E-state index in [1.807, 2.05) is 19.1 Å². The Labute approximate surface area is 145 Å². The van der Waals surface area contributed by atoms with Crippen LogP contribution in [0.3, 0.4) is 0 Å². The van der Waals surface area contributed by atoms with E-state index in [0.717, 1.165) is 5.56 Å². The van der Waals surface area contributed by atoms with Crippen LogP contribution in [0.2, 0.25) is 0 Å². The van der Waals surface area contributed by atoms with Crippen molar-refractivity contribution in [1.82, 2.24) is 15.3 Å². The Kier molecular flexibility index (Phi) is 5.20. The van der Waals surface area contributed by atoms with E-state index < -0.39 is 5.91 Å².